The van der Waals surface area contributed by atoms with Crippen molar-refractivity contribution >= 4 is 23.7 Å². The molecule has 3 amide bonds. The van der Waals surface area contributed by atoms with Gasteiger partial charge in [0.2, 0.25) is 17.7 Å². The fraction of sp³-hybridized carbons (Fsp3) is 0.500. The molecule has 0 aliphatic heterocycles. The first kappa shape index (κ1) is 24.1. The van der Waals surface area contributed by atoms with Crippen LogP contribution in [0.5, 0.6) is 0 Å². The molecule has 1 aromatic carbocycles. The highest BCUT2D eigenvalue weighted by Gasteiger charge is 2.29. The van der Waals surface area contributed by atoms with E-state index in [1.165, 1.54) is 0 Å². The molecule has 4 atom stereocenters. The Morgan fingerprint density at radius 1 is 1.03 bits per heavy atom. The summed E-state index contributed by atoms with van der Waals surface area (Å²) < 4.78 is 0. The van der Waals surface area contributed by atoms with Gasteiger partial charge in [0, 0.05) is 12.8 Å². The highest BCUT2D eigenvalue weighted by molar-refractivity contribution is 5.92. The van der Waals surface area contributed by atoms with Crippen molar-refractivity contribution in [3.63, 3.8) is 0 Å². The Morgan fingerprint density at radius 3 is 2.14 bits per heavy atom. The van der Waals surface area contributed by atoms with Gasteiger partial charge in [0.05, 0.1) is 6.04 Å². The van der Waals surface area contributed by atoms with Crippen molar-refractivity contribution < 1.29 is 24.3 Å². The number of nitrogens with one attached hydrogen (secondary N) is 2. The van der Waals surface area contributed by atoms with Crippen molar-refractivity contribution in [2.24, 2.45) is 17.4 Å². The first-order valence-corrected chi connectivity index (χ1v) is 9.57. The standard InChI is InChI=1S/C20H30N4O5/c1-3-12(2)17(22)19(27)23-14(9-10-16(21)25)18(26)24-15(20(28)29)11-13-7-5-4-6-8-13/h4-8,12,14-15,17H,3,9-11,22H2,1-2H3,(H2,21,25)(H,23,27)(H,24,26)(H,28,29). The molecule has 0 saturated heterocycles. The van der Waals surface area contributed by atoms with E-state index in [1.54, 1.807) is 30.3 Å². The van der Waals surface area contributed by atoms with Crippen LogP contribution in [0.4, 0.5) is 0 Å². The van der Waals surface area contributed by atoms with Crippen LogP contribution in [-0.4, -0.2) is 46.9 Å². The maximum atomic E-state index is 12.7. The van der Waals surface area contributed by atoms with E-state index < -0.39 is 41.8 Å². The van der Waals surface area contributed by atoms with Crippen molar-refractivity contribution in [1.82, 2.24) is 10.6 Å². The van der Waals surface area contributed by atoms with E-state index in [4.69, 9.17) is 11.5 Å². The molecule has 29 heavy (non-hydrogen) atoms. The van der Waals surface area contributed by atoms with Crippen LogP contribution in [0.15, 0.2) is 30.3 Å². The Hall–Kier alpha value is -2.94. The summed E-state index contributed by atoms with van der Waals surface area (Å²) in [5.41, 5.74) is 11.8. The molecule has 1 aromatic rings. The van der Waals surface area contributed by atoms with Gasteiger partial charge < -0.3 is 27.2 Å². The minimum absolute atomic E-state index is 0.0577. The maximum Gasteiger partial charge on any atom is 0.326 e. The molecule has 9 heteroatoms. The zero-order valence-corrected chi connectivity index (χ0v) is 16.8. The van der Waals surface area contributed by atoms with E-state index in [0.29, 0.717) is 6.42 Å². The zero-order valence-electron chi connectivity index (χ0n) is 16.8. The van der Waals surface area contributed by atoms with Crippen LogP contribution in [0.3, 0.4) is 0 Å². The van der Waals surface area contributed by atoms with Crippen LogP contribution < -0.4 is 22.1 Å². The molecule has 0 aliphatic rings. The van der Waals surface area contributed by atoms with Crippen molar-refractivity contribution in [1.29, 1.82) is 0 Å². The average molecular weight is 406 g/mol. The molecule has 7 N–H and O–H groups in total. The van der Waals surface area contributed by atoms with Gasteiger partial charge in [-0.2, -0.15) is 0 Å². The van der Waals surface area contributed by atoms with Crippen LogP contribution in [0.2, 0.25) is 0 Å². The number of carbonyl (C=O) groups excluding carboxylic acids is 3. The van der Waals surface area contributed by atoms with Gasteiger partial charge in [-0.1, -0.05) is 50.6 Å². The first-order valence-electron chi connectivity index (χ1n) is 9.57. The summed E-state index contributed by atoms with van der Waals surface area (Å²) in [5, 5.41) is 14.4. The minimum Gasteiger partial charge on any atom is -0.480 e. The molecule has 0 spiro atoms. The van der Waals surface area contributed by atoms with E-state index in [1.807, 2.05) is 13.8 Å². The molecular weight excluding hydrogens is 376 g/mol. The molecule has 4 unspecified atom stereocenters. The topological polar surface area (TPSA) is 165 Å². The largest absolute Gasteiger partial charge is 0.480 e. The van der Waals surface area contributed by atoms with Crippen LogP contribution in [0, 0.1) is 5.92 Å². The lowest BCUT2D eigenvalue weighted by Gasteiger charge is -2.24. The van der Waals surface area contributed by atoms with Crippen molar-refractivity contribution in [2.45, 2.75) is 57.7 Å². The summed E-state index contributed by atoms with van der Waals surface area (Å²) in [6.07, 6.45) is 0.543. The number of rotatable bonds is 12. The molecule has 0 fully saturated rings. The van der Waals surface area contributed by atoms with Crippen molar-refractivity contribution in [3.05, 3.63) is 35.9 Å². The third-order valence-corrected chi connectivity index (χ3v) is 4.77. The zero-order chi connectivity index (χ0) is 22.0. The highest BCUT2D eigenvalue weighted by Crippen LogP contribution is 2.08. The monoisotopic (exact) mass is 406 g/mol. The van der Waals surface area contributed by atoms with Crippen LogP contribution in [0.1, 0.15) is 38.7 Å². The predicted octanol–water partition coefficient (Wildman–Crippen LogP) is -0.0778. The summed E-state index contributed by atoms with van der Waals surface area (Å²) in [7, 11) is 0. The maximum absolute atomic E-state index is 12.7. The Bertz CT molecular complexity index is 710. The second kappa shape index (κ2) is 11.8. The minimum atomic E-state index is -1.21. The van der Waals surface area contributed by atoms with Gasteiger partial charge in [0.15, 0.2) is 0 Å². The van der Waals surface area contributed by atoms with Gasteiger partial charge in [-0.15, -0.1) is 0 Å². The fourth-order valence-electron chi connectivity index (χ4n) is 2.66. The van der Waals surface area contributed by atoms with Gasteiger partial charge in [0.1, 0.15) is 12.1 Å². The van der Waals surface area contributed by atoms with Crippen molar-refractivity contribution in [2.75, 3.05) is 0 Å². The number of aliphatic carboxylic acids is 1. The van der Waals surface area contributed by atoms with E-state index in [0.717, 1.165) is 5.56 Å². The molecule has 0 heterocycles. The summed E-state index contributed by atoms with van der Waals surface area (Å²) in [6, 6.07) is 5.68. The van der Waals surface area contributed by atoms with Gasteiger partial charge in [-0.3, -0.25) is 14.4 Å². The number of carboxylic acid groups (broad SMARTS) is 1. The number of benzene rings is 1. The second-order valence-electron chi connectivity index (χ2n) is 7.07. The number of hydrogen-bond acceptors (Lipinski definition) is 5. The summed E-state index contributed by atoms with van der Waals surface area (Å²) >= 11 is 0. The number of hydrogen-bond donors (Lipinski definition) is 5. The molecule has 160 valence electrons. The molecule has 9 nitrogen and oxygen atoms in total. The van der Waals surface area contributed by atoms with Gasteiger partial charge in [0.25, 0.3) is 0 Å². The third-order valence-electron chi connectivity index (χ3n) is 4.77. The second-order valence-corrected chi connectivity index (χ2v) is 7.07. The quantitative estimate of drug-likeness (QED) is 0.326. The predicted molar refractivity (Wildman–Crippen MR) is 108 cm³/mol. The number of nitrogens with two attached hydrogens (primary N) is 2. The lowest BCUT2D eigenvalue weighted by molar-refractivity contribution is -0.142. The van der Waals surface area contributed by atoms with Gasteiger partial charge in [-0.25, -0.2) is 4.79 Å². The summed E-state index contributed by atoms with van der Waals surface area (Å²) in [6.45, 7) is 3.69. The Kier molecular flexibility index (Phi) is 9.81. The van der Waals surface area contributed by atoms with Gasteiger partial charge >= 0.3 is 5.97 Å². The number of primary amides is 1. The Morgan fingerprint density at radius 2 is 1.62 bits per heavy atom. The molecule has 0 aliphatic carbocycles. The highest BCUT2D eigenvalue weighted by atomic mass is 16.4. The third kappa shape index (κ3) is 8.30. The molecular formula is C20H30N4O5. The summed E-state index contributed by atoms with van der Waals surface area (Å²) in [4.78, 5) is 47.8. The molecule has 0 aromatic heterocycles. The van der Waals surface area contributed by atoms with E-state index in [2.05, 4.69) is 10.6 Å². The number of amides is 3. The number of carbonyl (C=O) groups is 4. The van der Waals surface area contributed by atoms with Crippen molar-refractivity contribution in [3.8, 4) is 0 Å². The van der Waals surface area contributed by atoms with E-state index >= 15 is 0 Å². The number of carboxylic acids is 1. The van der Waals surface area contributed by atoms with Crippen LogP contribution in [0.25, 0.3) is 0 Å². The average Bonchev–Trinajstić information content (AvgIpc) is 2.69. The van der Waals surface area contributed by atoms with E-state index in [-0.39, 0.29) is 25.2 Å². The molecule has 0 bridgehead atoms. The lowest BCUT2D eigenvalue weighted by atomic mass is 9.98. The molecule has 0 saturated carbocycles. The van der Waals surface area contributed by atoms with Crippen LogP contribution >= 0.6 is 0 Å². The van der Waals surface area contributed by atoms with E-state index in [9.17, 15) is 24.3 Å². The van der Waals surface area contributed by atoms with Crippen LogP contribution in [-0.2, 0) is 25.6 Å². The summed E-state index contributed by atoms with van der Waals surface area (Å²) in [5.74, 6) is -3.21. The molecule has 1 rings (SSSR count). The Balaban J connectivity index is 2.88. The SMILES string of the molecule is CCC(C)C(N)C(=O)NC(CCC(N)=O)C(=O)NC(Cc1ccccc1)C(=O)O. The van der Waals surface area contributed by atoms with Gasteiger partial charge in [-0.05, 0) is 17.9 Å². The normalized spacial score (nSPS) is 14.9. The first-order chi connectivity index (χ1) is 13.6. The lowest BCUT2D eigenvalue weighted by Crippen LogP contribution is -2.55. The Labute approximate surface area is 170 Å². The fourth-order valence-corrected chi connectivity index (χ4v) is 2.66. The molecule has 0 radical (unpaired) electrons. The smallest absolute Gasteiger partial charge is 0.326 e.